The highest BCUT2D eigenvalue weighted by atomic mass is 16.5. The number of carbonyl (C=O) groups is 2. The van der Waals surface area contributed by atoms with Gasteiger partial charge in [0.15, 0.2) is 6.10 Å². The Bertz CT molecular complexity index is 910. The molecule has 3 aromatic rings. The topological polar surface area (TPSA) is 94.3 Å². The molecule has 1 aromatic heterocycles. The highest BCUT2D eigenvalue weighted by molar-refractivity contribution is 5.95. The Morgan fingerprint density at radius 1 is 1.04 bits per heavy atom. The third-order valence-electron chi connectivity index (χ3n) is 3.98. The van der Waals surface area contributed by atoms with Crippen molar-refractivity contribution in [2.24, 2.45) is 0 Å². The van der Waals surface area contributed by atoms with Gasteiger partial charge in [-0.1, -0.05) is 36.4 Å². The van der Waals surface area contributed by atoms with Crippen molar-refractivity contribution < 1.29 is 18.7 Å². The molecule has 0 aliphatic heterocycles. The van der Waals surface area contributed by atoms with Crippen molar-refractivity contribution in [2.45, 2.75) is 32.3 Å². The quantitative estimate of drug-likeness (QED) is 0.601. The number of amides is 1. The predicted molar refractivity (Wildman–Crippen MR) is 103 cm³/mol. The van der Waals surface area contributed by atoms with Crippen LogP contribution in [-0.2, 0) is 20.7 Å². The summed E-state index contributed by atoms with van der Waals surface area (Å²) in [7, 11) is 0. The molecule has 2 aromatic carbocycles. The van der Waals surface area contributed by atoms with Gasteiger partial charge in [-0.2, -0.15) is 0 Å². The predicted octanol–water partition coefficient (Wildman–Crippen LogP) is 3.63. The van der Waals surface area contributed by atoms with Crippen molar-refractivity contribution in [2.75, 3.05) is 5.32 Å². The summed E-state index contributed by atoms with van der Waals surface area (Å²) < 4.78 is 10.8. The largest absolute Gasteiger partial charge is 0.453 e. The van der Waals surface area contributed by atoms with Gasteiger partial charge in [0.1, 0.15) is 0 Å². The molecule has 0 spiro atoms. The zero-order valence-corrected chi connectivity index (χ0v) is 15.5. The highest BCUT2D eigenvalue weighted by Crippen LogP contribution is 2.17. The third-order valence-corrected chi connectivity index (χ3v) is 3.98. The summed E-state index contributed by atoms with van der Waals surface area (Å²) in [5.74, 6) is 0.0911. The Labute approximate surface area is 162 Å². The van der Waals surface area contributed by atoms with Crippen molar-refractivity contribution in [3.8, 4) is 11.5 Å². The number of rotatable bonds is 8. The van der Waals surface area contributed by atoms with Crippen LogP contribution in [0.3, 0.4) is 0 Å². The van der Waals surface area contributed by atoms with E-state index in [0.29, 0.717) is 30.3 Å². The van der Waals surface area contributed by atoms with E-state index in [4.69, 9.17) is 9.15 Å². The van der Waals surface area contributed by atoms with Crippen molar-refractivity contribution in [1.82, 2.24) is 10.2 Å². The summed E-state index contributed by atoms with van der Waals surface area (Å²) in [5, 5.41) is 10.7. The minimum atomic E-state index is -0.874. The molecule has 1 heterocycles. The lowest BCUT2D eigenvalue weighted by Crippen LogP contribution is -2.29. The van der Waals surface area contributed by atoms with Crippen LogP contribution in [0.2, 0.25) is 0 Å². The standard InChI is InChI=1S/C21H21N3O4/c1-15(20(26)22-17-11-6-3-7-12-17)27-19(25)14-8-13-18-23-24-21(28-18)16-9-4-2-5-10-16/h2-7,9-12,15H,8,13-14H2,1H3,(H,22,26). The first-order valence-corrected chi connectivity index (χ1v) is 9.05. The summed E-state index contributed by atoms with van der Waals surface area (Å²) in [5.41, 5.74) is 1.50. The second kappa shape index (κ2) is 9.45. The van der Waals surface area contributed by atoms with Gasteiger partial charge in [0.2, 0.25) is 11.8 Å². The molecule has 144 valence electrons. The highest BCUT2D eigenvalue weighted by Gasteiger charge is 2.18. The Morgan fingerprint density at radius 3 is 2.43 bits per heavy atom. The Kier molecular flexibility index (Phi) is 6.51. The maximum absolute atomic E-state index is 12.1. The smallest absolute Gasteiger partial charge is 0.306 e. The second-order valence-electron chi connectivity index (χ2n) is 6.21. The summed E-state index contributed by atoms with van der Waals surface area (Å²) in [6.07, 6.45) is 0.231. The minimum Gasteiger partial charge on any atom is -0.453 e. The zero-order chi connectivity index (χ0) is 19.8. The first-order valence-electron chi connectivity index (χ1n) is 9.05. The lowest BCUT2D eigenvalue weighted by atomic mass is 10.2. The lowest BCUT2D eigenvalue weighted by Gasteiger charge is -2.13. The van der Waals surface area contributed by atoms with E-state index in [1.165, 1.54) is 0 Å². The van der Waals surface area contributed by atoms with Crippen LogP contribution in [0.15, 0.2) is 65.1 Å². The number of para-hydroxylation sites is 1. The number of esters is 1. The Morgan fingerprint density at radius 2 is 1.71 bits per heavy atom. The molecule has 1 unspecified atom stereocenters. The average molecular weight is 379 g/mol. The fourth-order valence-electron chi connectivity index (χ4n) is 2.51. The van der Waals surface area contributed by atoms with E-state index in [1.54, 1.807) is 19.1 Å². The van der Waals surface area contributed by atoms with E-state index in [2.05, 4.69) is 15.5 Å². The number of carbonyl (C=O) groups excluding carboxylic acids is 2. The van der Waals surface area contributed by atoms with Crippen molar-refractivity contribution in [3.05, 3.63) is 66.6 Å². The summed E-state index contributed by atoms with van der Waals surface area (Å²) >= 11 is 0. The molecular weight excluding hydrogens is 358 g/mol. The van der Waals surface area contributed by atoms with Gasteiger partial charge in [-0.05, 0) is 37.6 Å². The number of nitrogens with one attached hydrogen (secondary N) is 1. The molecule has 1 atom stereocenters. The number of ether oxygens (including phenoxy) is 1. The molecule has 0 aliphatic rings. The molecule has 0 saturated carbocycles. The van der Waals surface area contributed by atoms with Crippen LogP contribution >= 0.6 is 0 Å². The van der Waals surface area contributed by atoms with Crippen molar-refractivity contribution in [3.63, 3.8) is 0 Å². The van der Waals surface area contributed by atoms with Crippen LogP contribution in [0.4, 0.5) is 5.69 Å². The van der Waals surface area contributed by atoms with E-state index >= 15 is 0 Å². The number of hydrogen-bond acceptors (Lipinski definition) is 6. The molecule has 3 rings (SSSR count). The van der Waals surface area contributed by atoms with Crippen molar-refractivity contribution >= 4 is 17.6 Å². The average Bonchev–Trinajstić information content (AvgIpc) is 3.18. The minimum absolute atomic E-state index is 0.159. The molecule has 7 heteroatoms. The number of hydrogen-bond donors (Lipinski definition) is 1. The van der Waals surface area contributed by atoms with Crippen LogP contribution in [0.25, 0.3) is 11.5 Å². The van der Waals surface area contributed by atoms with Gasteiger partial charge < -0.3 is 14.5 Å². The van der Waals surface area contributed by atoms with Crippen LogP contribution in [-0.4, -0.2) is 28.2 Å². The lowest BCUT2D eigenvalue weighted by molar-refractivity contribution is -0.153. The SMILES string of the molecule is CC(OC(=O)CCCc1nnc(-c2ccccc2)o1)C(=O)Nc1ccccc1. The molecule has 1 amide bonds. The zero-order valence-electron chi connectivity index (χ0n) is 15.5. The Hall–Kier alpha value is -3.48. The molecule has 7 nitrogen and oxygen atoms in total. The van der Waals surface area contributed by atoms with Gasteiger partial charge in [-0.15, -0.1) is 10.2 Å². The molecule has 0 aliphatic carbocycles. The molecule has 28 heavy (non-hydrogen) atoms. The van der Waals surface area contributed by atoms with E-state index in [1.807, 2.05) is 48.5 Å². The van der Waals surface area contributed by atoms with Crippen molar-refractivity contribution in [1.29, 1.82) is 0 Å². The van der Waals surface area contributed by atoms with Gasteiger partial charge >= 0.3 is 5.97 Å². The number of benzene rings is 2. The first-order chi connectivity index (χ1) is 13.6. The van der Waals surface area contributed by atoms with Crippen LogP contribution in [0.1, 0.15) is 25.7 Å². The van der Waals surface area contributed by atoms with Gasteiger partial charge in [0.05, 0.1) is 0 Å². The van der Waals surface area contributed by atoms with Gasteiger partial charge in [0.25, 0.3) is 5.91 Å². The molecule has 0 bridgehead atoms. The third kappa shape index (κ3) is 5.51. The number of aryl methyl sites for hydroxylation is 1. The summed E-state index contributed by atoms with van der Waals surface area (Å²) in [6.45, 7) is 1.54. The second-order valence-corrected chi connectivity index (χ2v) is 6.21. The molecule has 0 saturated heterocycles. The fraction of sp³-hybridized carbons (Fsp3) is 0.238. The molecule has 0 radical (unpaired) electrons. The van der Waals surface area contributed by atoms with Gasteiger partial charge in [0, 0.05) is 24.1 Å². The molecule has 1 N–H and O–H groups in total. The maximum atomic E-state index is 12.1. The number of anilines is 1. The summed E-state index contributed by atoms with van der Waals surface area (Å²) in [4.78, 5) is 24.0. The molecular formula is C21H21N3O4. The Balaban J connectivity index is 1.41. The molecule has 0 fully saturated rings. The van der Waals surface area contributed by atoms with Crippen LogP contribution in [0.5, 0.6) is 0 Å². The van der Waals surface area contributed by atoms with E-state index in [-0.39, 0.29) is 12.3 Å². The maximum Gasteiger partial charge on any atom is 0.306 e. The number of aromatic nitrogens is 2. The number of nitrogens with zero attached hydrogens (tertiary/aromatic N) is 2. The van der Waals surface area contributed by atoms with Crippen LogP contribution in [0, 0.1) is 0 Å². The van der Waals surface area contributed by atoms with Crippen LogP contribution < -0.4 is 5.32 Å². The van der Waals surface area contributed by atoms with E-state index in [0.717, 1.165) is 5.56 Å². The van der Waals surface area contributed by atoms with E-state index < -0.39 is 12.1 Å². The summed E-state index contributed by atoms with van der Waals surface area (Å²) in [6, 6.07) is 18.5. The van der Waals surface area contributed by atoms with Gasteiger partial charge in [-0.25, -0.2) is 0 Å². The van der Waals surface area contributed by atoms with Gasteiger partial charge in [-0.3, -0.25) is 9.59 Å². The monoisotopic (exact) mass is 379 g/mol. The fourth-order valence-corrected chi connectivity index (χ4v) is 2.51. The first kappa shape index (κ1) is 19.3. The normalized spacial score (nSPS) is 11.6. The van der Waals surface area contributed by atoms with E-state index in [9.17, 15) is 9.59 Å².